The first-order chi connectivity index (χ1) is 15.0. The molecule has 168 valence electrons. The second kappa shape index (κ2) is 10.6. The maximum absolute atomic E-state index is 11.1. The average molecular weight is 465 g/mol. The van der Waals surface area contributed by atoms with E-state index >= 15 is 0 Å². The molecule has 2 fully saturated rings. The van der Waals surface area contributed by atoms with Crippen molar-refractivity contribution in [2.75, 3.05) is 24.7 Å². The topological polar surface area (TPSA) is 82.0 Å². The first-order valence-corrected chi connectivity index (χ1v) is 12.7. The van der Waals surface area contributed by atoms with E-state index in [4.69, 9.17) is 21.1 Å². The molecular weight excluding hydrogens is 436 g/mol. The smallest absolute Gasteiger partial charge is 0.119 e. The summed E-state index contributed by atoms with van der Waals surface area (Å²) in [4.78, 5) is 0. The lowest BCUT2D eigenvalue weighted by Gasteiger charge is -2.32. The number of aliphatic hydroxyl groups is 2. The fourth-order valence-electron chi connectivity index (χ4n) is 4.16. The quantitative estimate of drug-likeness (QED) is 0.583. The van der Waals surface area contributed by atoms with Gasteiger partial charge in [0, 0.05) is 17.9 Å². The van der Waals surface area contributed by atoms with Gasteiger partial charge in [0.2, 0.25) is 0 Å². The summed E-state index contributed by atoms with van der Waals surface area (Å²) in [6, 6.07) is 13.9. The summed E-state index contributed by atoms with van der Waals surface area (Å²) in [7, 11) is 0. The molecule has 2 N–H and O–H groups in total. The van der Waals surface area contributed by atoms with Crippen LogP contribution in [0, 0.1) is 5.92 Å². The predicted molar refractivity (Wildman–Crippen MR) is 122 cm³/mol. The summed E-state index contributed by atoms with van der Waals surface area (Å²) in [5, 5.41) is 20.2. The van der Waals surface area contributed by atoms with Crippen LogP contribution < -0.4 is 4.74 Å². The highest BCUT2D eigenvalue weighted by Crippen LogP contribution is 2.34. The Morgan fingerprint density at radius 2 is 1.90 bits per heavy atom. The number of hydrogen-bond acceptors (Lipinski definition) is 5. The Balaban J connectivity index is 1.35. The lowest BCUT2D eigenvalue weighted by atomic mass is 9.94. The van der Waals surface area contributed by atoms with Gasteiger partial charge < -0.3 is 24.2 Å². The summed E-state index contributed by atoms with van der Waals surface area (Å²) in [6.45, 7) is 0.555. The molecule has 2 saturated heterocycles. The van der Waals surface area contributed by atoms with Gasteiger partial charge in [-0.1, -0.05) is 47.0 Å². The standard InChI is InChI=1S/C24H29ClO5S/c25-23-6-3-18(24-12-20(27)11-22(13-26)30-24)10-19(23)9-16-1-4-21(5-2-16)29-8-7-17-14-31(28)15-17/h1-6,10,17,20,22,24,26-27H,7-9,11-15H2. The highest BCUT2D eigenvalue weighted by Gasteiger charge is 2.31. The van der Waals surface area contributed by atoms with Gasteiger partial charge in [-0.3, -0.25) is 0 Å². The molecule has 0 bridgehead atoms. The summed E-state index contributed by atoms with van der Waals surface area (Å²) in [5.41, 5.74) is 3.09. The van der Waals surface area contributed by atoms with Crippen molar-refractivity contribution in [3.8, 4) is 5.75 Å². The molecule has 2 aliphatic rings. The van der Waals surface area contributed by atoms with Gasteiger partial charge in [-0.15, -0.1) is 0 Å². The van der Waals surface area contributed by atoms with Crippen molar-refractivity contribution < 1.29 is 24.2 Å². The molecule has 0 radical (unpaired) electrons. The molecule has 0 spiro atoms. The van der Waals surface area contributed by atoms with E-state index in [2.05, 4.69) is 0 Å². The lowest BCUT2D eigenvalue weighted by Crippen LogP contribution is -2.37. The molecule has 2 aromatic rings. The molecule has 3 atom stereocenters. The van der Waals surface area contributed by atoms with Crippen molar-refractivity contribution in [1.29, 1.82) is 0 Å². The maximum atomic E-state index is 11.1. The third-order valence-electron chi connectivity index (χ3n) is 5.98. The van der Waals surface area contributed by atoms with Gasteiger partial charge in [0.05, 0.1) is 37.4 Å². The lowest BCUT2D eigenvalue weighted by molar-refractivity contribution is -0.113. The van der Waals surface area contributed by atoms with Gasteiger partial charge >= 0.3 is 0 Å². The Morgan fingerprint density at radius 1 is 1.13 bits per heavy atom. The number of aliphatic hydroxyl groups excluding tert-OH is 2. The summed E-state index contributed by atoms with van der Waals surface area (Å²) in [5.74, 6) is 3.00. The molecular formula is C24H29ClO5S. The van der Waals surface area contributed by atoms with Crippen molar-refractivity contribution in [3.63, 3.8) is 0 Å². The third kappa shape index (κ3) is 6.15. The molecule has 5 nitrogen and oxygen atoms in total. The fourth-order valence-corrected chi connectivity index (χ4v) is 5.63. The van der Waals surface area contributed by atoms with E-state index in [9.17, 15) is 14.8 Å². The van der Waals surface area contributed by atoms with Gasteiger partial charge in [0.25, 0.3) is 0 Å². The molecule has 0 aromatic heterocycles. The van der Waals surface area contributed by atoms with Crippen LogP contribution in [0.25, 0.3) is 0 Å². The Labute approximate surface area is 191 Å². The van der Waals surface area contributed by atoms with E-state index in [1.807, 2.05) is 42.5 Å². The Hall–Kier alpha value is -1.28. The van der Waals surface area contributed by atoms with E-state index in [1.54, 1.807) is 0 Å². The van der Waals surface area contributed by atoms with Crippen LogP contribution in [0.5, 0.6) is 5.75 Å². The number of hydrogen-bond donors (Lipinski definition) is 2. The van der Waals surface area contributed by atoms with Gasteiger partial charge in [-0.2, -0.15) is 0 Å². The van der Waals surface area contributed by atoms with E-state index in [-0.39, 0.29) is 18.8 Å². The Bertz CT molecular complexity index is 856. The molecule has 0 amide bonds. The minimum atomic E-state index is -0.600. The van der Waals surface area contributed by atoms with Crippen molar-refractivity contribution >= 4 is 22.8 Å². The summed E-state index contributed by atoms with van der Waals surface area (Å²) < 4.78 is 22.9. The molecule has 0 aliphatic carbocycles. The predicted octanol–water partition coefficient (Wildman–Crippen LogP) is 3.65. The summed E-state index contributed by atoms with van der Waals surface area (Å²) >= 11 is 5.85. The van der Waals surface area contributed by atoms with E-state index in [0.717, 1.165) is 40.4 Å². The number of halogens is 1. The second-order valence-electron chi connectivity index (χ2n) is 8.50. The van der Waals surface area contributed by atoms with Crippen LogP contribution in [0.15, 0.2) is 42.5 Å². The van der Waals surface area contributed by atoms with E-state index in [0.29, 0.717) is 36.8 Å². The van der Waals surface area contributed by atoms with E-state index in [1.165, 1.54) is 0 Å². The third-order valence-corrected chi connectivity index (χ3v) is 8.03. The van der Waals surface area contributed by atoms with Crippen LogP contribution in [0.1, 0.15) is 42.1 Å². The molecule has 2 aromatic carbocycles. The highest BCUT2D eigenvalue weighted by atomic mass is 35.5. The number of benzene rings is 2. The normalized spacial score (nSPS) is 28.2. The minimum Gasteiger partial charge on any atom is -0.616 e. The zero-order valence-corrected chi connectivity index (χ0v) is 19.0. The van der Waals surface area contributed by atoms with Gasteiger partial charge in [0.15, 0.2) is 0 Å². The monoisotopic (exact) mass is 464 g/mol. The zero-order chi connectivity index (χ0) is 21.8. The average Bonchev–Trinajstić information content (AvgIpc) is 2.74. The van der Waals surface area contributed by atoms with Crippen molar-refractivity contribution in [1.82, 2.24) is 0 Å². The molecule has 2 aliphatic heterocycles. The number of ether oxygens (including phenoxy) is 2. The molecule has 3 unspecified atom stereocenters. The first-order valence-electron chi connectivity index (χ1n) is 10.8. The fraction of sp³-hybridized carbons (Fsp3) is 0.500. The largest absolute Gasteiger partial charge is 0.616 e. The molecule has 7 heteroatoms. The Morgan fingerprint density at radius 3 is 2.61 bits per heavy atom. The van der Waals surface area contributed by atoms with E-state index < -0.39 is 17.3 Å². The van der Waals surface area contributed by atoms with Crippen LogP contribution in [0.4, 0.5) is 0 Å². The zero-order valence-electron chi connectivity index (χ0n) is 17.4. The second-order valence-corrected chi connectivity index (χ2v) is 10.5. The summed E-state index contributed by atoms with van der Waals surface area (Å²) in [6.07, 6.45) is 1.54. The van der Waals surface area contributed by atoms with Gasteiger partial charge in [0.1, 0.15) is 17.3 Å². The molecule has 4 rings (SSSR count). The van der Waals surface area contributed by atoms with Crippen LogP contribution in [-0.4, -0.2) is 51.7 Å². The van der Waals surface area contributed by atoms with Gasteiger partial charge in [-0.05, 0) is 47.7 Å². The van der Waals surface area contributed by atoms with Crippen LogP contribution in [0.2, 0.25) is 5.02 Å². The highest BCUT2D eigenvalue weighted by molar-refractivity contribution is 7.92. The van der Waals surface area contributed by atoms with Crippen molar-refractivity contribution in [3.05, 3.63) is 64.2 Å². The first kappa shape index (κ1) is 22.9. The van der Waals surface area contributed by atoms with Crippen LogP contribution in [-0.2, 0) is 22.3 Å². The van der Waals surface area contributed by atoms with Gasteiger partial charge in [-0.25, -0.2) is 0 Å². The van der Waals surface area contributed by atoms with Crippen LogP contribution in [0.3, 0.4) is 0 Å². The molecule has 0 saturated carbocycles. The van der Waals surface area contributed by atoms with Crippen molar-refractivity contribution in [2.45, 2.75) is 44.0 Å². The van der Waals surface area contributed by atoms with Crippen LogP contribution >= 0.6 is 11.6 Å². The minimum absolute atomic E-state index is 0.0947. The number of rotatable bonds is 8. The Kier molecular flexibility index (Phi) is 7.80. The maximum Gasteiger partial charge on any atom is 0.119 e. The van der Waals surface area contributed by atoms with Crippen molar-refractivity contribution in [2.24, 2.45) is 5.92 Å². The molecule has 2 heterocycles. The molecule has 31 heavy (non-hydrogen) atoms. The SMILES string of the molecule is [O-][S+]1CC(CCOc2ccc(Cc3cc(C4CC(O)CC(CO)O4)ccc3Cl)cc2)C1.